The van der Waals surface area contributed by atoms with Gasteiger partial charge in [-0.2, -0.15) is 5.26 Å². The third-order valence-electron chi connectivity index (χ3n) is 3.15. The van der Waals surface area contributed by atoms with Crippen LogP contribution < -0.4 is 9.64 Å². The highest BCUT2D eigenvalue weighted by Gasteiger charge is 2.35. The summed E-state index contributed by atoms with van der Waals surface area (Å²) in [6.07, 6.45) is -0.00919. The molecule has 116 valence electrons. The van der Waals surface area contributed by atoms with Crippen LogP contribution in [0.4, 0.5) is 5.69 Å². The fraction of sp³-hybridized carbons (Fsp3) is 0.400. The second kappa shape index (κ2) is 7.18. The second-order valence-corrected chi connectivity index (χ2v) is 5.78. The van der Waals surface area contributed by atoms with Crippen molar-refractivity contribution in [2.75, 3.05) is 25.2 Å². The largest absolute Gasteiger partial charge is 0.497 e. The van der Waals surface area contributed by atoms with Gasteiger partial charge in [-0.3, -0.25) is 14.5 Å². The van der Waals surface area contributed by atoms with Crippen LogP contribution in [-0.2, 0) is 14.3 Å². The van der Waals surface area contributed by atoms with Gasteiger partial charge in [0.05, 0.1) is 37.1 Å². The Morgan fingerprint density at radius 3 is 2.91 bits per heavy atom. The Bertz CT molecular complexity index is 626. The zero-order chi connectivity index (χ0) is 16.1. The maximum atomic E-state index is 12.5. The van der Waals surface area contributed by atoms with Crippen LogP contribution in [0.15, 0.2) is 23.1 Å². The van der Waals surface area contributed by atoms with Crippen molar-refractivity contribution in [3.63, 3.8) is 0 Å². The van der Waals surface area contributed by atoms with E-state index in [1.54, 1.807) is 19.1 Å². The summed E-state index contributed by atoms with van der Waals surface area (Å²) in [7, 11) is 1.54. The number of ether oxygens (including phenoxy) is 2. The predicted molar refractivity (Wildman–Crippen MR) is 81.9 cm³/mol. The topological polar surface area (TPSA) is 79.6 Å². The van der Waals surface area contributed by atoms with Gasteiger partial charge in [0.15, 0.2) is 0 Å². The van der Waals surface area contributed by atoms with Crippen molar-refractivity contribution in [3.8, 4) is 11.8 Å². The number of fused-ring (bicyclic) bond motifs is 1. The van der Waals surface area contributed by atoms with E-state index in [2.05, 4.69) is 0 Å². The molecule has 0 aliphatic carbocycles. The van der Waals surface area contributed by atoms with Gasteiger partial charge in [-0.1, -0.05) is 0 Å². The molecule has 0 bridgehead atoms. The van der Waals surface area contributed by atoms with Gasteiger partial charge in [0.2, 0.25) is 5.91 Å². The number of thioether (sulfide) groups is 1. The molecule has 22 heavy (non-hydrogen) atoms. The minimum Gasteiger partial charge on any atom is -0.497 e. The number of methoxy groups -OCH3 is 1. The molecule has 1 aliphatic rings. The average Bonchev–Trinajstić information content (AvgIpc) is 2.51. The lowest BCUT2D eigenvalue weighted by atomic mass is 10.2. The van der Waals surface area contributed by atoms with Gasteiger partial charge in [-0.05, 0) is 19.1 Å². The maximum Gasteiger partial charge on any atom is 0.307 e. The standard InChI is InChI=1S/C15H16N2O4S/c1-3-21-14(18)9-13-15(19)17(7-6-16)11-8-10(20-2)4-5-12(11)22-13/h4-5,8,13H,3,7,9H2,1-2H3. The first-order chi connectivity index (χ1) is 10.6. The molecule has 7 heteroatoms. The highest BCUT2D eigenvalue weighted by Crippen LogP contribution is 2.42. The molecule has 1 aromatic rings. The van der Waals surface area contributed by atoms with E-state index in [4.69, 9.17) is 14.7 Å². The smallest absolute Gasteiger partial charge is 0.307 e. The van der Waals surface area contributed by atoms with Crippen LogP contribution in [0.2, 0.25) is 0 Å². The van der Waals surface area contributed by atoms with E-state index >= 15 is 0 Å². The normalized spacial score (nSPS) is 16.7. The molecule has 1 aromatic carbocycles. The number of nitrogens with zero attached hydrogens (tertiary/aromatic N) is 2. The number of carbonyl (C=O) groups excluding carboxylic acids is 2. The van der Waals surface area contributed by atoms with Crippen molar-refractivity contribution >= 4 is 29.3 Å². The van der Waals surface area contributed by atoms with Crippen LogP contribution in [0, 0.1) is 11.3 Å². The van der Waals surface area contributed by atoms with Gasteiger partial charge in [-0.15, -0.1) is 11.8 Å². The van der Waals surface area contributed by atoms with Crippen molar-refractivity contribution in [2.45, 2.75) is 23.5 Å². The maximum absolute atomic E-state index is 12.5. The molecule has 1 unspecified atom stereocenters. The zero-order valence-electron chi connectivity index (χ0n) is 12.4. The molecule has 0 radical (unpaired) electrons. The minimum absolute atomic E-state index is 0.00919. The Morgan fingerprint density at radius 1 is 1.50 bits per heavy atom. The second-order valence-electron chi connectivity index (χ2n) is 4.53. The molecule has 1 atom stereocenters. The number of hydrogen-bond acceptors (Lipinski definition) is 6. The SMILES string of the molecule is CCOC(=O)CC1Sc2ccc(OC)cc2N(CC#N)C1=O. The molecule has 0 N–H and O–H groups in total. The lowest BCUT2D eigenvalue weighted by Gasteiger charge is -2.32. The van der Waals surface area contributed by atoms with E-state index in [-0.39, 0.29) is 25.5 Å². The molecule has 0 aromatic heterocycles. The van der Waals surface area contributed by atoms with E-state index < -0.39 is 11.2 Å². The fourth-order valence-corrected chi connectivity index (χ4v) is 3.36. The third-order valence-corrected chi connectivity index (χ3v) is 4.41. The summed E-state index contributed by atoms with van der Waals surface area (Å²) in [6.45, 7) is 1.93. The van der Waals surface area contributed by atoms with Gasteiger partial charge in [0.1, 0.15) is 12.3 Å². The highest BCUT2D eigenvalue weighted by molar-refractivity contribution is 8.01. The van der Waals surface area contributed by atoms with E-state index in [0.717, 1.165) is 4.90 Å². The molecule has 1 heterocycles. The molecule has 0 fully saturated rings. The molecular formula is C15H16N2O4S. The van der Waals surface area contributed by atoms with Gasteiger partial charge >= 0.3 is 5.97 Å². The van der Waals surface area contributed by atoms with Crippen molar-refractivity contribution < 1.29 is 19.1 Å². The first kappa shape index (κ1) is 16.2. The van der Waals surface area contributed by atoms with Crippen LogP contribution in [0.3, 0.4) is 0 Å². The average molecular weight is 320 g/mol. The van der Waals surface area contributed by atoms with Crippen LogP contribution in [-0.4, -0.2) is 37.4 Å². The molecule has 1 amide bonds. The Kier molecular flexibility index (Phi) is 5.28. The van der Waals surface area contributed by atoms with Gasteiger partial charge in [0.25, 0.3) is 0 Å². The number of amides is 1. The number of rotatable bonds is 5. The monoisotopic (exact) mass is 320 g/mol. The van der Waals surface area contributed by atoms with Crippen LogP contribution in [0.5, 0.6) is 5.75 Å². The third kappa shape index (κ3) is 3.34. The van der Waals surface area contributed by atoms with Crippen molar-refractivity contribution in [3.05, 3.63) is 18.2 Å². The van der Waals surface area contributed by atoms with Crippen LogP contribution in [0.25, 0.3) is 0 Å². The van der Waals surface area contributed by atoms with Gasteiger partial charge < -0.3 is 9.47 Å². The van der Waals surface area contributed by atoms with Crippen LogP contribution >= 0.6 is 11.8 Å². The molecule has 0 spiro atoms. The van der Waals surface area contributed by atoms with Gasteiger partial charge in [-0.25, -0.2) is 0 Å². The molecular weight excluding hydrogens is 304 g/mol. The molecule has 0 saturated heterocycles. The Balaban J connectivity index is 2.31. The molecule has 6 nitrogen and oxygen atoms in total. The van der Waals surface area contributed by atoms with Crippen molar-refractivity contribution in [1.29, 1.82) is 5.26 Å². The first-order valence-electron chi connectivity index (χ1n) is 6.79. The van der Waals surface area contributed by atoms with Crippen molar-refractivity contribution in [2.24, 2.45) is 0 Å². The number of anilines is 1. The van der Waals surface area contributed by atoms with Crippen LogP contribution in [0.1, 0.15) is 13.3 Å². The summed E-state index contributed by atoms with van der Waals surface area (Å²) in [4.78, 5) is 26.4. The number of esters is 1. The molecule has 1 aliphatic heterocycles. The summed E-state index contributed by atoms with van der Waals surface area (Å²) in [5.41, 5.74) is 0.635. The summed E-state index contributed by atoms with van der Waals surface area (Å²) < 4.78 is 10.1. The number of benzene rings is 1. The highest BCUT2D eigenvalue weighted by atomic mass is 32.2. The summed E-state index contributed by atoms with van der Waals surface area (Å²) in [5, 5.41) is 8.39. The number of hydrogen-bond donors (Lipinski definition) is 0. The fourth-order valence-electron chi connectivity index (χ4n) is 2.17. The molecule has 2 rings (SSSR count). The quantitative estimate of drug-likeness (QED) is 0.609. The lowest BCUT2D eigenvalue weighted by Crippen LogP contribution is -2.42. The lowest BCUT2D eigenvalue weighted by molar-refractivity contribution is -0.144. The van der Waals surface area contributed by atoms with E-state index in [0.29, 0.717) is 11.4 Å². The van der Waals surface area contributed by atoms with E-state index in [1.165, 1.54) is 23.8 Å². The van der Waals surface area contributed by atoms with E-state index in [9.17, 15) is 9.59 Å². The summed E-state index contributed by atoms with van der Waals surface area (Å²) in [6, 6.07) is 7.32. The predicted octanol–water partition coefficient (Wildman–Crippen LogP) is 1.98. The first-order valence-corrected chi connectivity index (χ1v) is 7.67. The summed E-state index contributed by atoms with van der Waals surface area (Å²) >= 11 is 1.31. The zero-order valence-corrected chi connectivity index (χ0v) is 13.2. The number of carbonyl (C=O) groups is 2. The minimum atomic E-state index is -0.576. The van der Waals surface area contributed by atoms with E-state index in [1.807, 2.05) is 12.1 Å². The Hall–Kier alpha value is -2.20. The summed E-state index contributed by atoms with van der Waals surface area (Å²) in [5.74, 6) is -0.0680. The Labute approximate surface area is 133 Å². The Morgan fingerprint density at radius 2 is 2.27 bits per heavy atom. The number of nitriles is 1. The van der Waals surface area contributed by atoms with Crippen molar-refractivity contribution in [1.82, 2.24) is 0 Å². The molecule has 0 saturated carbocycles. The van der Waals surface area contributed by atoms with Gasteiger partial charge in [0, 0.05) is 11.0 Å².